The van der Waals surface area contributed by atoms with Crippen LogP contribution in [-0.4, -0.2) is 31.0 Å². The molecule has 0 aromatic rings. The number of quaternary nitrogens is 1. The SMILES string of the molecule is CC(C)C1C[N+]2(COC2)C1. The minimum absolute atomic E-state index is 0.879. The van der Waals surface area contributed by atoms with Crippen LogP contribution in [0.25, 0.3) is 0 Å². The maximum absolute atomic E-state index is 5.18. The van der Waals surface area contributed by atoms with E-state index in [1.807, 2.05) is 0 Å². The van der Waals surface area contributed by atoms with E-state index >= 15 is 0 Å². The van der Waals surface area contributed by atoms with E-state index in [9.17, 15) is 0 Å². The molecule has 0 bridgehead atoms. The van der Waals surface area contributed by atoms with Crippen LogP contribution < -0.4 is 0 Å². The Kier molecular flexibility index (Phi) is 1.29. The highest BCUT2D eigenvalue weighted by molar-refractivity contribution is 4.71. The summed E-state index contributed by atoms with van der Waals surface area (Å²) in [5.74, 6) is 1.85. The van der Waals surface area contributed by atoms with Crippen molar-refractivity contribution in [3.8, 4) is 0 Å². The summed E-state index contributed by atoms with van der Waals surface area (Å²) in [5, 5.41) is 0. The van der Waals surface area contributed by atoms with Crippen molar-refractivity contribution >= 4 is 0 Å². The van der Waals surface area contributed by atoms with Crippen LogP contribution >= 0.6 is 0 Å². The zero-order valence-corrected chi connectivity index (χ0v) is 6.84. The lowest BCUT2D eigenvalue weighted by molar-refractivity contribution is -1.06. The Bertz CT molecular complexity index is 132. The smallest absolute Gasteiger partial charge is 0.190 e. The number of ether oxygens (including phenoxy) is 1. The van der Waals surface area contributed by atoms with Crippen LogP contribution in [0.1, 0.15) is 13.8 Å². The molecule has 10 heavy (non-hydrogen) atoms. The van der Waals surface area contributed by atoms with Gasteiger partial charge in [-0.15, -0.1) is 0 Å². The van der Waals surface area contributed by atoms with Gasteiger partial charge in [0, 0.05) is 0 Å². The molecule has 0 saturated carbocycles. The molecule has 58 valence electrons. The normalized spacial score (nSPS) is 30.3. The monoisotopic (exact) mass is 142 g/mol. The average molecular weight is 142 g/mol. The van der Waals surface area contributed by atoms with Crippen LogP contribution in [0, 0.1) is 11.8 Å². The fourth-order valence-corrected chi connectivity index (χ4v) is 1.92. The molecule has 0 radical (unpaired) electrons. The van der Waals surface area contributed by atoms with Crippen molar-refractivity contribution in [2.75, 3.05) is 26.6 Å². The van der Waals surface area contributed by atoms with Crippen LogP contribution in [0.2, 0.25) is 0 Å². The highest BCUT2D eigenvalue weighted by Gasteiger charge is 2.50. The fraction of sp³-hybridized carbons (Fsp3) is 1.00. The van der Waals surface area contributed by atoms with Crippen molar-refractivity contribution in [1.82, 2.24) is 0 Å². The number of hydrogen-bond acceptors (Lipinski definition) is 1. The maximum atomic E-state index is 5.18. The summed E-state index contributed by atoms with van der Waals surface area (Å²) in [7, 11) is 0. The van der Waals surface area contributed by atoms with Crippen molar-refractivity contribution in [1.29, 1.82) is 0 Å². The lowest BCUT2D eigenvalue weighted by Crippen LogP contribution is -2.72. The second-order valence-electron chi connectivity index (χ2n) is 4.17. The summed E-state index contributed by atoms with van der Waals surface area (Å²) in [6.07, 6.45) is 0. The molecule has 0 aromatic heterocycles. The molecule has 0 amide bonds. The van der Waals surface area contributed by atoms with Crippen molar-refractivity contribution < 1.29 is 9.22 Å². The molecule has 2 heterocycles. The first-order valence-corrected chi connectivity index (χ1v) is 4.15. The topological polar surface area (TPSA) is 9.23 Å². The van der Waals surface area contributed by atoms with Gasteiger partial charge in [0.2, 0.25) is 0 Å². The van der Waals surface area contributed by atoms with Crippen molar-refractivity contribution in [2.45, 2.75) is 13.8 Å². The molecule has 2 heteroatoms. The Balaban J connectivity index is 1.82. The number of hydrogen-bond donors (Lipinski definition) is 0. The number of rotatable bonds is 1. The van der Waals surface area contributed by atoms with Crippen LogP contribution in [0.5, 0.6) is 0 Å². The third-order valence-corrected chi connectivity index (χ3v) is 2.92. The summed E-state index contributed by atoms with van der Waals surface area (Å²) in [4.78, 5) is 0. The molecule has 2 fully saturated rings. The zero-order valence-electron chi connectivity index (χ0n) is 6.84. The molecular weight excluding hydrogens is 126 g/mol. The second kappa shape index (κ2) is 1.95. The maximum Gasteiger partial charge on any atom is 0.190 e. The largest absolute Gasteiger partial charge is 0.281 e. The summed E-state index contributed by atoms with van der Waals surface area (Å²) in [5.41, 5.74) is 0. The molecule has 2 aliphatic rings. The van der Waals surface area contributed by atoms with E-state index in [0.717, 1.165) is 25.3 Å². The first-order valence-electron chi connectivity index (χ1n) is 4.15. The van der Waals surface area contributed by atoms with Gasteiger partial charge in [0.1, 0.15) is 0 Å². The van der Waals surface area contributed by atoms with Crippen molar-refractivity contribution in [3.05, 3.63) is 0 Å². The molecule has 1 spiro atoms. The van der Waals surface area contributed by atoms with E-state index in [2.05, 4.69) is 13.8 Å². The average Bonchev–Trinajstić information content (AvgIpc) is 1.54. The van der Waals surface area contributed by atoms with Gasteiger partial charge in [-0.1, -0.05) is 13.8 Å². The van der Waals surface area contributed by atoms with E-state index < -0.39 is 0 Å². The molecule has 2 aliphatic heterocycles. The van der Waals surface area contributed by atoms with Crippen LogP contribution in [-0.2, 0) is 4.74 Å². The summed E-state index contributed by atoms with van der Waals surface area (Å²) >= 11 is 0. The van der Waals surface area contributed by atoms with E-state index in [1.54, 1.807) is 0 Å². The van der Waals surface area contributed by atoms with Crippen LogP contribution in [0.15, 0.2) is 0 Å². The minimum Gasteiger partial charge on any atom is -0.281 e. The van der Waals surface area contributed by atoms with Gasteiger partial charge in [-0.25, -0.2) is 0 Å². The Hall–Kier alpha value is -0.0800. The summed E-state index contributed by atoms with van der Waals surface area (Å²) in [6, 6.07) is 0. The van der Waals surface area contributed by atoms with Crippen molar-refractivity contribution in [2.24, 2.45) is 11.8 Å². The van der Waals surface area contributed by atoms with Crippen LogP contribution in [0.3, 0.4) is 0 Å². The van der Waals surface area contributed by atoms with Gasteiger partial charge in [0.05, 0.1) is 19.0 Å². The third-order valence-electron chi connectivity index (χ3n) is 2.92. The van der Waals surface area contributed by atoms with Gasteiger partial charge in [0.15, 0.2) is 13.5 Å². The van der Waals surface area contributed by atoms with Crippen LogP contribution in [0.4, 0.5) is 0 Å². The molecule has 0 aromatic carbocycles. The first-order chi connectivity index (χ1) is 4.72. The van der Waals surface area contributed by atoms with Gasteiger partial charge in [0.25, 0.3) is 0 Å². The molecule has 2 saturated heterocycles. The lowest BCUT2D eigenvalue weighted by Gasteiger charge is -2.55. The quantitative estimate of drug-likeness (QED) is 0.497. The first kappa shape index (κ1) is 6.62. The Morgan fingerprint density at radius 3 is 2.20 bits per heavy atom. The van der Waals surface area contributed by atoms with E-state index in [0.29, 0.717) is 0 Å². The predicted molar refractivity (Wildman–Crippen MR) is 39.1 cm³/mol. The molecule has 0 aliphatic carbocycles. The zero-order chi connectivity index (χ0) is 7.19. The van der Waals surface area contributed by atoms with Gasteiger partial charge in [-0.3, -0.25) is 9.22 Å². The fourth-order valence-electron chi connectivity index (χ4n) is 1.92. The highest BCUT2D eigenvalue weighted by atomic mass is 16.6. The van der Waals surface area contributed by atoms with Gasteiger partial charge < -0.3 is 0 Å². The molecule has 0 atom stereocenters. The summed E-state index contributed by atoms with van der Waals surface area (Å²) in [6.45, 7) is 9.36. The number of nitrogens with zero attached hydrogens (tertiary/aromatic N) is 1. The Labute approximate surface area is 62.4 Å². The standard InChI is InChI=1S/C8H16NO/c1-7(2)8-3-9(4-8)5-10-6-9/h7-8H,3-6H2,1-2H3/q+1. The molecule has 2 nitrogen and oxygen atoms in total. The molecule has 2 rings (SSSR count). The molecule has 0 unspecified atom stereocenters. The van der Waals surface area contributed by atoms with E-state index in [4.69, 9.17) is 4.74 Å². The lowest BCUT2D eigenvalue weighted by atomic mass is 9.86. The summed E-state index contributed by atoms with van der Waals surface area (Å²) < 4.78 is 6.45. The van der Waals surface area contributed by atoms with E-state index in [-0.39, 0.29) is 0 Å². The Morgan fingerprint density at radius 1 is 1.30 bits per heavy atom. The van der Waals surface area contributed by atoms with Gasteiger partial charge in [-0.05, 0) is 5.92 Å². The Morgan fingerprint density at radius 2 is 1.90 bits per heavy atom. The third kappa shape index (κ3) is 0.789. The highest BCUT2D eigenvalue weighted by Crippen LogP contribution is 2.34. The predicted octanol–water partition coefficient (Wildman–Crippen LogP) is 1.03. The van der Waals surface area contributed by atoms with E-state index in [1.165, 1.54) is 17.6 Å². The molecular formula is C8H16NO+. The molecule has 0 N–H and O–H groups in total. The van der Waals surface area contributed by atoms with Gasteiger partial charge in [-0.2, -0.15) is 0 Å². The second-order valence-corrected chi connectivity index (χ2v) is 4.17. The minimum atomic E-state index is 0.879. The van der Waals surface area contributed by atoms with Gasteiger partial charge >= 0.3 is 0 Å². The van der Waals surface area contributed by atoms with Crippen molar-refractivity contribution in [3.63, 3.8) is 0 Å².